The van der Waals surface area contributed by atoms with Crippen LogP contribution in [0.25, 0.3) is 22.5 Å². The molecule has 0 radical (unpaired) electrons. The smallest absolute Gasteiger partial charge is 0.240 e. The Balaban J connectivity index is 1.61. The van der Waals surface area contributed by atoms with Crippen molar-refractivity contribution < 1.29 is 13.5 Å². The molecule has 10 heteroatoms. The van der Waals surface area contributed by atoms with E-state index in [0.29, 0.717) is 23.4 Å². The molecule has 0 saturated carbocycles. The van der Waals surface area contributed by atoms with Gasteiger partial charge in [0.1, 0.15) is 17.3 Å². The van der Waals surface area contributed by atoms with Crippen LogP contribution in [0.1, 0.15) is 45.1 Å². The molecule has 4 N–H and O–H groups in total. The third-order valence-electron chi connectivity index (χ3n) is 6.33. The van der Waals surface area contributed by atoms with Gasteiger partial charge in [0.15, 0.2) is 0 Å². The van der Waals surface area contributed by atoms with Crippen LogP contribution in [0, 0.1) is 6.92 Å². The van der Waals surface area contributed by atoms with E-state index in [1.54, 1.807) is 44.4 Å². The number of benzene rings is 1. The summed E-state index contributed by atoms with van der Waals surface area (Å²) in [6.07, 6.45) is 7.21. The van der Waals surface area contributed by atoms with Crippen molar-refractivity contribution in [3.63, 3.8) is 0 Å². The molecule has 0 spiro atoms. The minimum absolute atomic E-state index is 0.117. The molecule has 0 unspecified atom stereocenters. The fourth-order valence-corrected chi connectivity index (χ4v) is 5.25. The highest BCUT2D eigenvalue weighted by Crippen LogP contribution is 2.30. The number of hydrogen-bond donors (Lipinski definition) is 3. The van der Waals surface area contributed by atoms with E-state index in [2.05, 4.69) is 19.6 Å². The number of nitrogens with zero attached hydrogens (tertiary/aromatic N) is 4. The Morgan fingerprint density at radius 2 is 1.83 bits per heavy atom. The standard InChI is InChI=1S/C26H34N6O3S/c1-18-7-9-20(36(34,35)30-12-11-26(2,3)33)15-21(18)22-17-29-25(27)24(31-22)19-8-10-23(28-16-19)32-13-5-4-6-14-32/h7-10,15-17,30,33H,4-6,11-14H2,1-3H3,(H2,27,29). The van der Waals surface area contributed by atoms with Crippen LogP contribution < -0.4 is 15.4 Å². The van der Waals surface area contributed by atoms with Crippen molar-refractivity contribution in [1.82, 2.24) is 19.7 Å². The highest BCUT2D eigenvalue weighted by atomic mass is 32.2. The van der Waals surface area contributed by atoms with Gasteiger partial charge in [-0.1, -0.05) is 6.07 Å². The molecule has 3 aromatic rings. The van der Waals surface area contributed by atoms with Gasteiger partial charge in [-0.3, -0.25) is 0 Å². The summed E-state index contributed by atoms with van der Waals surface area (Å²) in [6.45, 7) is 7.31. The van der Waals surface area contributed by atoms with Crippen LogP contribution in [0.3, 0.4) is 0 Å². The SMILES string of the molecule is Cc1ccc(S(=O)(=O)NCCC(C)(C)O)cc1-c1cnc(N)c(-c2ccc(N3CCCCC3)nc2)n1. The molecule has 9 nitrogen and oxygen atoms in total. The van der Waals surface area contributed by atoms with Crippen molar-refractivity contribution in [2.24, 2.45) is 0 Å². The van der Waals surface area contributed by atoms with Crippen LogP contribution in [0.5, 0.6) is 0 Å². The fourth-order valence-electron chi connectivity index (χ4n) is 4.20. The molecule has 192 valence electrons. The number of aliphatic hydroxyl groups is 1. The van der Waals surface area contributed by atoms with Crippen molar-refractivity contribution in [2.75, 3.05) is 30.3 Å². The van der Waals surface area contributed by atoms with Gasteiger partial charge in [-0.25, -0.2) is 28.1 Å². The molecule has 1 fully saturated rings. The van der Waals surface area contributed by atoms with E-state index in [4.69, 9.17) is 10.7 Å². The average Bonchev–Trinajstić information content (AvgIpc) is 2.84. The minimum Gasteiger partial charge on any atom is -0.390 e. The Morgan fingerprint density at radius 1 is 1.08 bits per heavy atom. The molecule has 2 aromatic heterocycles. The van der Waals surface area contributed by atoms with E-state index in [0.717, 1.165) is 30.0 Å². The quantitative estimate of drug-likeness (QED) is 0.419. The van der Waals surface area contributed by atoms with Crippen LogP contribution in [-0.2, 0) is 10.0 Å². The maximum atomic E-state index is 12.9. The van der Waals surface area contributed by atoms with Crippen molar-refractivity contribution in [3.8, 4) is 22.5 Å². The first-order valence-electron chi connectivity index (χ1n) is 12.2. The molecule has 0 atom stereocenters. The number of rotatable bonds is 8. The van der Waals surface area contributed by atoms with Crippen LogP contribution in [0.15, 0.2) is 47.6 Å². The lowest BCUT2D eigenvalue weighted by Crippen LogP contribution is -2.30. The summed E-state index contributed by atoms with van der Waals surface area (Å²) in [5.41, 5.74) is 8.48. The molecule has 0 aliphatic carbocycles. The van der Waals surface area contributed by atoms with Gasteiger partial charge >= 0.3 is 0 Å². The number of anilines is 2. The van der Waals surface area contributed by atoms with Gasteiger partial charge in [-0.05, 0) is 76.3 Å². The molecule has 4 rings (SSSR count). The average molecular weight is 511 g/mol. The molecule has 1 saturated heterocycles. The monoisotopic (exact) mass is 510 g/mol. The maximum absolute atomic E-state index is 12.9. The van der Waals surface area contributed by atoms with Gasteiger partial charge < -0.3 is 15.7 Å². The van der Waals surface area contributed by atoms with E-state index >= 15 is 0 Å². The first-order valence-corrected chi connectivity index (χ1v) is 13.7. The minimum atomic E-state index is -3.76. The molecule has 0 amide bonds. The molecular weight excluding hydrogens is 476 g/mol. The lowest BCUT2D eigenvalue weighted by atomic mass is 10.1. The number of piperidine rings is 1. The first kappa shape index (κ1) is 26.0. The molecule has 3 heterocycles. The number of pyridine rings is 1. The second-order valence-electron chi connectivity index (χ2n) is 9.88. The van der Waals surface area contributed by atoms with Gasteiger partial charge in [-0.15, -0.1) is 0 Å². The summed E-state index contributed by atoms with van der Waals surface area (Å²) >= 11 is 0. The Bertz CT molecular complexity index is 1310. The third kappa shape index (κ3) is 6.18. The lowest BCUT2D eigenvalue weighted by molar-refractivity contribution is 0.0728. The fraction of sp³-hybridized carbons (Fsp3) is 0.423. The van der Waals surface area contributed by atoms with E-state index in [9.17, 15) is 13.5 Å². The van der Waals surface area contributed by atoms with Gasteiger partial charge in [0.25, 0.3) is 0 Å². The zero-order valence-corrected chi connectivity index (χ0v) is 21.8. The van der Waals surface area contributed by atoms with Gasteiger partial charge in [0.05, 0.1) is 22.4 Å². The lowest BCUT2D eigenvalue weighted by Gasteiger charge is -2.27. The van der Waals surface area contributed by atoms with Crippen LogP contribution in [-0.4, -0.2) is 53.7 Å². The predicted octanol–water partition coefficient (Wildman–Crippen LogP) is 3.53. The summed E-state index contributed by atoms with van der Waals surface area (Å²) in [5, 5.41) is 9.87. The van der Waals surface area contributed by atoms with Crippen LogP contribution in [0.4, 0.5) is 11.6 Å². The zero-order valence-electron chi connectivity index (χ0n) is 21.0. The number of aromatic nitrogens is 3. The highest BCUT2D eigenvalue weighted by Gasteiger charge is 2.20. The van der Waals surface area contributed by atoms with Crippen LogP contribution in [0.2, 0.25) is 0 Å². The predicted molar refractivity (Wildman–Crippen MR) is 142 cm³/mol. The Morgan fingerprint density at radius 3 is 2.50 bits per heavy atom. The largest absolute Gasteiger partial charge is 0.390 e. The number of sulfonamides is 1. The Kier molecular flexibility index (Phi) is 7.58. The number of nitrogens with one attached hydrogen (secondary N) is 1. The number of nitrogens with two attached hydrogens (primary N) is 1. The van der Waals surface area contributed by atoms with E-state index < -0.39 is 15.6 Å². The third-order valence-corrected chi connectivity index (χ3v) is 7.79. The van der Waals surface area contributed by atoms with E-state index in [1.807, 2.05) is 19.1 Å². The van der Waals surface area contributed by atoms with Crippen molar-refractivity contribution >= 4 is 21.7 Å². The second-order valence-corrected chi connectivity index (χ2v) is 11.6. The van der Waals surface area contributed by atoms with Crippen molar-refractivity contribution in [1.29, 1.82) is 0 Å². The van der Waals surface area contributed by atoms with Crippen molar-refractivity contribution in [2.45, 2.75) is 57.0 Å². The summed E-state index contributed by atoms with van der Waals surface area (Å²) < 4.78 is 28.3. The molecule has 1 aliphatic heterocycles. The van der Waals surface area contributed by atoms with Gasteiger partial charge in [0.2, 0.25) is 10.0 Å². The molecule has 1 aromatic carbocycles. The second kappa shape index (κ2) is 10.5. The van der Waals surface area contributed by atoms with E-state index in [-0.39, 0.29) is 17.3 Å². The highest BCUT2D eigenvalue weighted by molar-refractivity contribution is 7.89. The van der Waals surface area contributed by atoms with Gasteiger partial charge in [-0.2, -0.15) is 0 Å². The Hall–Kier alpha value is -3.08. The summed E-state index contributed by atoms with van der Waals surface area (Å²) in [5.74, 6) is 1.22. The summed E-state index contributed by atoms with van der Waals surface area (Å²) in [6, 6.07) is 8.81. The molecule has 36 heavy (non-hydrogen) atoms. The number of aryl methyl sites for hydroxylation is 1. The molecule has 0 bridgehead atoms. The van der Waals surface area contributed by atoms with Crippen molar-refractivity contribution in [3.05, 3.63) is 48.3 Å². The normalized spacial score (nSPS) is 14.7. The number of nitrogen functional groups attached to an aromatic ring is 1. The Labute approximate surface area is 212 Å². The molecular formula is C26H34N6O3S. The summed E-state index contributed by atoms with van der Waals surface area (Å²) in [4.78, 5) is 16.1. The topological polar surface area (TPSA) is 134 Å². The maximum Gasteiger partial charge on any atom is 0.240 e. The van der Waals surface area contributed by atoms with Gasteiger partial charge in [0, 0.05) is 37.0 Å². The first-order chi connectivity index (χ1) is 17.0. The summed E-state index contributed by atoms with van der Waals surface area (Å²) in [7, 11) is -3.76. The van der Waals surface area contributed by atoms with E-state index in [1.165, 1.54) is 19.3 Å². The zero-order chi connectivity index (χ0) is 25.9. The molecule has 1 aliphatic rings. The number of hydrogen-bond acceptors (Lipinski definition) is 8. The van der Waals surface area contributed by atoms with Crippen LogP contribution >= 0.6 is 0 Å².